The molecule has 0 amide bonds. The number of methoxy groups -OCH3 is 1. The van der Waals surface area contributed by atoms with Crippen LogP contribution in [-0.4, -0.2) is 7.11 Å². The third-order valence-electron chi connectivity index (χ3n) is 2.56. The number of ether oxygens (including phenoxy) is 1. The Morgan fingerprint density at radius 1 is 1.41 bits per heavy atom. The first kappa shape index (κ1) is 12.8. The van der Waals surface area contributed by atoms with Crippen molar-refractivity contribution in [2.24, 2.45) is 5.41 Å². The Hall–Kier alpha value is -2.26. The molecule has 0 heterocycles. The summed E-state index contributed by atoms with van der Waals surface area (Å²) in [5, 5.41) is 18.3. The van der Waals surface area contributed by atoms with Gasteiger partial charge in [0.05, 0.1) is 19.2 Å². The van der Waals surface area contributed by atoms with Gasteiger partial charge in [0.1, 0.15) is 5.75 Å². The highest BCUT2D eigenvalue weighted by molar-refractivity contribution is 5.32. The number of benzene rings is 1. The SMILES string of the molecule is C=CCC(C#N)(C#N)Cc1cccc(OC)c1. The Balaban J connectivity index is 2.98. The summed E-state index contributed by atoms with van der Waals surface area (Å²) in [5.41, 5.74) is -0.122. The van der Waals surface area contributed by atoms with Crippen molar-refractivity contribution in [1.82, 2.24) is 0 Å². The molecule has 0 aliphatic rings. The molecule has 1 aromatic rings. The molecule has 86 valence electrons. The molecule has 3 heteroatoms. The first-order chi connectivity index (χ1) is 8.19. The predicted octanol–water partition coefficient (Wildman–Crippen LogP) is 2.85. The van der Waals surface area contributed by atoms with Crippen molar-refractivity contribution in [1.29, 1.82) is 10.5 Å². The Bertz CT molecular complexity index is 466. The average Bonchev–Trinajstić information content (AvgIpc) is 2.38. The van der Waals surface area contributed by atoms with Crippen LogP contribution in [-0.2, 0) is 6.42 Å². The van der Waals surface area contributed by atoms with Crippen LogP contribution >= 0.6 is 0 Å². The Kier molecular flexibility index (Phi) is 4.31. The van der Waals surface area contributed by atoms with Gasteiger partial charge in [0.25, 0.3) is 0 Å². The van der Waals surface area contributed by atoms with Crippen molar-refractivity contribution in [3.05, 3.63) is 42.5 Å². The van der Waals surface area contributed by atoms with Crippen molar-refractivity contribution in [2.75, 3.05) is 7.11 Å². The maximum absolute atomic E-state index is 9.14. The third-order valence-corrected chi connectivity index (χ3v) is 2.56. The summed E-state index contributed by atoms with van der Waals surface area (Å²) in [6.07, 6.45) is 2.34. The van der Waals surface area contributed by atoms with Gasteiger partial charge in [-0.3, -0.25) is 0 Å². The van der Waals surface area contributed by atoms with E-state index in [0.29, 0.717) is 12.8 Å². The van der Waals surface area contributed by atoms with E-state index in [1.54, 1.807) is 13.2 Å². The van der Waals surface area contributed by atoms with Crippen molar-refractivity contribution >= 4 is 0 Å². The van der Waals surface area contributed by atoms with Crippen LogP contribution in [0.25, 0.3) is 0 Å². The van der Waals surface area contributed by atoms with Gasteiger partial charge in [0.2, 0.25) is 0 Å². The molecule has 0 aliphatic carbocycles. The summed E-state index contributed by atoms with van der Waals surface area (Å²) in [4.78, 5) is 0. The second-order valence-electron chi connectivity index (χ2n) is 3.83. The lowest BCUT2D eigenvalue weighted by molar-refractivity contribution is 0.413. The van der Waals surface area contributed by atoms with E-state index in [0.717, 1.165) is 11.3 Å². The summed E-state index contributed by atoms with van der Waals surface area (Å²) in [7, 11) is 1.59. The molecule has 0 aliphatic heterocycles. The van der Waals surface area contributed by atoms with Crippen LogP contribution in [0, 0.1) is 28.1 Å². The fourth-order valence-electron chi connectivity index (χ4n) is 1.64. The quantitative estimate of drug-likeness (QED) is 0.725. The molecule has 0 fully saturated rings. The molecule has 0 aromatic heterocycles. The number of hydrogen-bond donors (Lipinski definition) is 0. The topological polar surface area (TPSA) is 56.8 Å². The number of allylic oxidation sites excluding steroid dienone is 1. The average molecular weight is 226 g/mol. The summed E-state index contributed by atoms with van der Waals surface area (Å²) < 4.78 is 5.11. The third kappa shape index (κ3) is 3.09. The molecule has 0 saturated carbocycles. The monoisotopic (exact) mass is 226 g/mol. The number of hydrogen-bond acceptors (Lipinski definition) is 3. The second-order valence-corrected chi connectivity index (χ2v) is 3.83. The highest BCUT2D eigenvalue weighted by Crippen LogP contribution is 2.27. The van der Waals surface area contributed by atoms with E-state index in [9.17, 15) is 0 Å². The van der Waals surface area contributed by atoms with E-state index in [4.69, 9.17) is 15.3 Å². The number of rotatable bonds is 5. The molecule has 0 bridgehead atoms. The standard InChI is InChI=1S/C14H14N2O/c1-3-7-14(10-15,11-16)9-12-5-4-6-13(8-12)17-2/h3-6,8H,1,7,9H2,2H3. The minimum Gasteiger partial charge on any atom is -0.497 e. The molecule has 3 nitrogen and oxygen atoms in total. The minimum atomic E-state index is -1.03. The predicted molar refractivity (Wildman–Crippen MR) is 65.2 cm³/mol. The largest absolute Gasteiger partial charge is 0.497 e. The van der Waals surface area contributed by atoms with Gasteiger partial charge in [0, 0.05) is 6.42 Å². The highest BCUT2D eigenvalue weighted by Gasteiger charge is 2.28. The van der Waals surface area contributed by atoms with Crippen LogP contribution in [0.15, 0.2) is 36.9 Å². The molecule has 1 rings (SSSR count). The van der Waals surface area contributed by atoms with Gasteiger partial charge in [-0.15, -0.1) is 6.58 Å². The summed E-state index contributed by atoms with van der Waals surface area (Å²) in [6.45, 7) is 3.59. The molecule has 0 N–H and O–H groups in total. The van der Waals surface area contributed by atoms with E-state index in [2.05, 4.69) is 18.7 Å². The van der Waals surface area contributed by atoms with Gasteiger partial charge in [-0.1, -0.05) is 18.2 Å². The second kappa shape index (κ2) is 5.72. The molecule has 17 heavy (non-hydrogen) atoms. The van der Waals surface area contributed by atoms with Gasteiger partial charge in [0.15, 0.2) is 5.41 Å². The summed E-state index contributed by atoms with van der Waals surface area (Å²) in [6, 6.07) is 11.6. The molecule has 0 spiro atoms. The normalized spacial score (nSPS) is 10.1. The van der Waals surface area contributed by atoms with Crippen molar-refractivity contribution in [3.8, 4) is 17.9 Å². The Morgan fingerprint density at radius 2 is 2.12 bits per heavy atom. The fraction of sp³-hybridized carbons (Fsp3) is 0.286. The number of nitriles is 2. The van der Waals surface area contributed by atoms with Gasteiger partial charge in [-0.05, 0) is 24.1 Å². The van der Waals surface area contributed by atoms with Gasteiger partial charge >= 0.3 is 0 Å². The highest BCUT2D eigenvalue weighted by atomic mass is 16.5. The van der Waals surface area contributed by atoms with Gasteiger partial charge < -0.3 is 4.74 Å². The zero-order valence-corrected chi connectivity index (χ0v) is 9.81. The van der Waals surface area contributed by atoms with Crippen LogP contribution in [0.2, 0.25) is 0 Å². The molecule has 0 saturated heterocycles. The smallest absolute Gasteiger partial charge is 0.151 e. The van der Waals surface area contributed by atoms with Crippen LogP contribution < -0.4 is 4.74 Å². The summed E-state index contributed by atoms with van der Waals surface area (Å²) in [5.74, 6) is 0.728. The van der Waals surface area contributed by atoms with Crippen LogP contribution in [0.3, 0.4) is 0 Å². The molecule has 1 aromatic carbocycles. The lowest BCUT2D eigenvalue weighted by atomic mass is 9.81. The lowest BCUT2D eigenvalue weighted by Gasteiger charge is -2.16. The minimum absolute atomic E-state index is 0.358. The van der Waals surface area contributed by atoms with Gasteiger partial charge in [-0.25, -0.2) is 0 Å². The first-order valence-electron chi connectivity index (χ1n) is 5.26. The lowest BCUT2D eigenvalue weighted by Crippen LogP contribution is -2.18. The molecular weight excluding hydrogens is 212 g/mol. The van der Waals surface area contributed by atoms with Crippen molar-refractivity contribution in [3.63, 3.8) is 0 Å². The maximum Gasteiger partial charge on any atom is 0.151 e. The van der Waals surface area contributed by atoms with Crippen LogP contribution in [0.5, 0.6) is 5.75 Å². The van der Waals surface area contributed by atoms with E-state index in [1.807, 2.05) is 24.3 Å². The molecule has 0 radical (unpaired) electrons. The van der Waals surface area contributed by atoms with E-state index in [-0.39, 0.29) is 0 Å². The Morgan fingerprint density at radius 3 is 2.65 bits per heavy atom. The zero-order valence-electron chi connectivity index (χ0n) is 9.81. The Labute approximate surface area is 102 Å². The van der Waals surface area contributed by atoms with E-state index in [1.165, 1.54) is 0 Å². The van der Waals surface area contributed by atoms with Crippen molar-refractivity contribution < 1.29 is 4.74 Å². The molecular formula is C14H14N2O. The van der Waals surface area contributed by atoms with Gasteiger partial charge in [-0.2, -0.15) is 10.5 Å². The first-order valence-corrected chi connectivity index (χ1v) is 5.26. The van der Waals surface area contributed by atoms with Crippen molar-refractivity contribution in [2.45, 2.75) is 12.8 Å². The number of nitrogens with zero attached hydrogens (tertiary/aromatic N) is 2. The van der Waals surface area contributed by atoms with Crippen LogP contribution in [0.4, 0.5) is 0 Å². The van der Waals surface area contributed by atoms with E-state index >= 15 is 0 Å². The van der Waals surface area contributed by atoms with Crippen LogP contribution in [0.1, 0.15) is 12.0 Å². The molecule has 0 atom stereocenters. The fourth-order valence-corrected chi connectivity index (χ4v) is 1.64. The maximum atomic E-state index is 9.14. The van der Waals surface area contributed by atoms with E-state index < -0.39 is 5.41 Å². The molecule has 0 unspecified atom stereocenters. The zero-order chi connectivity index (χ0) is 12.7. The summed E-state index contributed by atoms with van der Waals surface area (Å²) >= 11 is 0.